The maximum Gasteiger partial charge on any atom is 0.253 e. The smallest absolute Gasteiger partial charge is 0.253 e. The number of rotatable bonds is 7. The van der Waals surface area contributed by atoms with E-state index in [1.807, 2.05) is 0 Å². The van der Waals surface area contributed by atoms with Crippen LogP contribution < -0.4 is 5.32 Å². The first kappa shape index (κ1) is 15.2. The Morgan fingerprint density at radius 1 is 1.39 bits per heavy atom. The Balaban J connectivity index is 2.34. The predicted molar refractivity (Wildman–Crippen MR) is 69.3 cm³/mol. The largest absolute Gasteiger partial charge is 0.382 e. The van der Waals surface area contributed by atoms with Gasteiger partial charge in [-0.05, 0) is 6.07 Å². The van der Waals surface area contributed by atoms with Crippen molar-refractivity contribution < 1.29 is 14.3 Å². The number of nitrogens with one attached hydrogen (secondary N) is 1. The molecule has 0 saturated heterocycles. The highest BCUT2D eigenvalue weighted by Gasteiger charge is 2.10. The SMILES string of the molecule is COCCOCCNC(=O)c1cc(Cl)ncc1Cl. The topological polar surface area (TPSA) is 60.5 Å². The van der Waals surface area contributed by atoms with Crippen molar-refractivity contribution in [2.45, 2.75) is 0 Å². The van der Waals surface area contributed by atoms with E-state index in [-0.39, 0.29) is 16.1 Å². The van der Waals surface area contributed by atoms with Crippen molar-refractivity contribution in [3.05, 3.63) is 28.0 Å². The van der Waals surface area contributed by atoms with Crippen LogP contribution in [0.1, 0.15) is 10.4 Å². The number of aromatic nitrogens is 1. The summed E-state index contributed by atoms with van der Waals surface area (Å²) in [5.41, 5.74) is 0.300. The number of carbonyl (C=O) groups is 1. The fourth-order valence-electron chi connectivity index (χ4n) is 1.16. The summed E-state index contributed by atoms with van der Waals surface area (Å²) in [6, 6.07) is 1.42. The number of nitrogens with zero attached hydrogens (tertiary/aromatic N) is 1. The van der Waals surface area contributed by atoms with Crippen molar-refractivity contribution in [2.24, 2.45) is 0 Å². The molecule has 0 radical (unpaired) electrons. The molecule has 1 N–H and O–H groups in total. The fourth-order valence-corrected chi connectivity index (χ4v) is 1.51. The molecule has 1 heterocycles. The second-order valence-corrected chi connectivity index (χ2v) is 4.14. The van der Waals surface area contributed by atoms with Crippen LogP contribution in [0.2, 0.25) is 10.2 Å². The maximum absolute atomic E-state index is 11.7. The molecule has 0 aromatic carbocycles. The molecule has 18 heavy (non-hydrogen) atoms. The number of hydrogen-bond acceptors (Lipinski definition) is 4. The first-order valence-corrected chi connectivity index (χ1v) is 6.06. The summed E-state index contributed by atoms with van der Waals surface area (Å²) in [6.45, 7) is 1.82. The highest BCUT2D eigenvalue weighted by atomic mass is 35.5. The van der Waals surface area contributed by atoms with E-state index in [4.69, 9.17) is 32.7 Å². The van der Waals surface area contributed by atoms with Crippen LogP contribution in [0, 0.1) is 0 Å². The van der Waals surface area contributed by atoms with Gasteiger partial charge in [0, 0.05) is 19.9 Å². The zero-order valence-corrected chi connectivity index (χ0v) is 11.4. The van der Waals surface area contributed by atoms with E-state index in [1.54, 1.807) is 7.11 Å². The van der Waals surface area contributed by atoms with Crippen molar-refractivity contribution in [2.75, 3.05) is 33.5 Å². The fraction of sp³-hybridized carbons (Fsp3) is 0.455. The lowest BCUT2D eigenvalue weighted by Gasteiger charge is -2.07. The van der Waals surface area contributed by atoms with Crippen LogP contribution in [-0.2, 0) is 9.47 Å². The van der Waals surface area contributed by atoms with E-state index in [2.05, 4.69) is 10.3 Å². The third-order valence-corrected chi connectivity index (χ3v) is 2.54. The van der Waals surface area contributed by atoms with E-state index in [1.165, 1.54) is 12.3 Å². The van der Waals surface area contributed by atoms with Gasteiger partial charge in [-0.3, -0.25) is 4.79 Å². The van der Waals surface area contributed by atoms with E-state index in [0.29, 0.717) is 31.9 Å². The van der Waals surface area contributed by atoms with Crippen LogP contribution >= 0.6 is 23.2 Å². The minimum Gasteiger partial charge on any atom is -0.382 e. The quantitative estimate of drug-likeness (QED) is 0.615. The lowest BCUT2D eigenvalue weighted by atomic mass is 10.2. The zero-order chi connectivity index (χ0) is 13.4. The highest BCUT2D eigenvalue weighted by molar-refractivity contribution is 6.35. The lowest BCUT2D eigenvalue weighted by Crippen LogP contribution is -2.28. The maximum atomic E-state index is 11.7. The number of amides is 1. The number of ether oxygens (including phenoxy) is 2. The molecule has 1 rings (SSSR count). The predicted octanol–water partition coefficient (Wildman–Crippen LogP) is 1.78. The number of carbonyl (C=O) groups excluding carboxylic acids is 1. The summed E-state index contributed by atoms with van der Waals surface area (Å²) in [7, 11) is 1.60. The van der Waals surface area contributed by atoms with Crippen LogP contribution in [0.25, 0.3) is 0 Å². The lowest BCUT2D eigenvalue weighted by molar-refractivity contribution is 0.0692. The van der Waals surface area contributed by atoms with Gasteiger partial charge in [0.25, 0.3) is 5.91 Å². The molecular weight excluding hydrogens is 279 g/mol. The number of pyridine rings is 1. The second-order valence-electron chi connectivity index (χ2n) is 3.35. The third kappa shape index (κ3) is 5.18. The van der Waals surface area contributed by atoms with Gasteiger partial charge in [0.15, 0.2) is 0 Å². The molecular formula is C11H14Cl2N2O3. The van der Waals surface area contributed by atoms with Gasteiger partial charge in [-0.15, -0.1) is 0 Å². The van der Waals surface area contributed by atoms with E-state index in [9.17, 15) is 4.79 Å². The van der Waals surface area contributed by atoms with Gasteiger partial charge in [-0.1, -0.05) is 23.2 Å². The summed E-state index contributed by atoms with van der Waals surface area (Å²) >= 11 is 11.5. The molecule has 1 amide bonds. The van der Waals surface area contributed by atoms with Gasteiger partial charge < -0.3 is 14.8 Å². The minimum atomic E-state index is -0.306. The van der Waals surface area contributed by atoms with Crippen LogP contribution in [0.4, 0.5) is 0 Å². The van der Waals surface area contributed by atoms with E-state index >= 15 is 0 Å². The normalized spacial score (nSPS) is 10.4. The molecule has 0 fully saturated rings. The molecule has 0 bridgehead atoms. The average molecular weight is 293 g/mol. The average Bonchev–Trinajstić information content (AvgIpc) is 2.36. The molecule has 0 aliphatic carbocycles. The number of methoxy groups -OCH3 is 1. The molecule has 1 aromatic heterocycles. The standard InChI is InChI=1S/C11H14Cl2N2O3/c1-17-4-5-18-3-2-14-11(16)8-6-10(13)15-7-9(8)12/h6-7H,2-5H2,1H3,(H,14,16). The molecule has 7 heteroatoms. The van der Waals surface area contributed by atoms with Crippen molar-refractivity contribution in [3.8, 4) is 0 Å². The van der Waals surface area contributed by atoms with Crippen LogP contribution in [0.15, 0.2) is 12.3 Å². The van der Waals surface area contributed by atoms with Crippen LogP contribution in [-0.4, -0.2) is 44.4 Å². The Morgan fingerprint density at radius 3 is 2.89 bits per heavy atom. The van der Waals surface area contributed by atoms with Gasteiger partial charge in [0.05, 0.1) is 30.4 Å². The zero-order valence-electron chi connectivity index (χ0n) is 9.91. The Hall–Kier alpha value is -0.880. The second kappa shape index (κ2) is 8.26. The Bertz CT molecular complexity index is 402. The molecule has 0 aliphatic rings. The van der Waals surface area contributed by atoms with Crippen molar-refractivity contribution in [1.82, 2.24) is 10.3 Å². The summed E-state index contributed by atoms with van der Waals surface area (Å²) in [5, 5.41) is 3.15. The number of hydrogen-bond donors (Lipinski definition) is 1. The van der Waals surface area contributed by atoms with Gasteiger partial charge in [-0.2, -0.15) is 0 Å². The first-order chi connectivity index (χ1) is 8.65. The minimum absolute atomic E-state index is 0.223. The summed E-state index contributed by atoms with van der Waals surface area (Å²) < 4.78 is 10.0. The molecule has 0 saturated carbocycles. The van der Waals surface area contributed by atoms with Crippen molar-refractivity contribution in [3.63, 3.8) is 0 Å². The molecule has 0 spiro atoms. The third-order valence-electron chi connectivity index (χ3n) is 2.03. The highest BCUT2D eigenvalue weighted by Crippen LogP contribution is 2.17. The van der Waals surface area contributed by atoms with Crippen molar-refractivity contribution >= 4 is 29.1 Å². The molecule has 0 aliphatic heterocycles. The molecule has 1 aromatic rings. The van der Waals surface area contributed by atoms with Crippen molar-refractivity contribution in [1.29, 1.82) is 0 Å². The van der Waals surface area contributed by atoms with E-state index < -0.39 is 0 Å². The Morgan fingerprint density at radius 2 is 2.17 bits per heavy atom. The van der Waals surface area contributed by atoms with E-state index in [0.717, 1.165) is 0 Å². The Kier molecular flexibility index (Phi) is 6.97. The van der Waals surface area contributed by atoms with Gasteiger partial charge >= 0.3 is 0 Å². The summed E-state index contributed by atoms with van der Waals surface area (Å²) in [4.78, 5) is 15.5. The molecule has 5 nitrogen and oxygen atoms in total. The molecule has 100 valence electrons. The van der Waals surface area contributed by atoms with Gasteiger partial charge in [0.1, 0.15) is 5.15 Å². The summed E-state index contributed by atoms with van der Waals surface area (Å²) in [6.07, 6.45) is 1.34. The van der Waals surface area contributed by atoms with Gasteiger partial charge in [0.2, 0.25) is 0 Å². The Labute approximate surface area is 115 Å². The van der Waals surface area contributed by atoms with Gasteiger partial charge in [-0.25, -0.2) is 4.98 Å². The monoisotopic (exact) mass is 292 g/mol. The van der Waals surface area contributed by atoms with Crippen LogP contribution in [0.3, 0.4) is 0 Å². The van der Waals surface area contributed by atoms with Crippen LogP contribution in [0.5, 0.6) is 0 Å². The molecule has 0 unspecified atom stereocenters. The number of halogens is 2. The molecule has 0 atom stereocenters. The summed E-state index contributed by atoms with van der Waals surface area (Å²) in [5.74, 6) is -0.306. The first-order valence-electron chi connectivity index (χ1n) is 5.31.